The van der Waals surface area contributed by atoms with Gasteiger partial charge in [-0.1, -0.05) is 11.6 Å². The summed E-state index contributed by atoms with van der Waals surface area (Å²) < 4.78 is 5.67. The monoisotopic (exact) mass is 254 g/mol. The lowest BCUT2D eigenvalue weighted by Crippen LogP contribution is -2.40. The molecule has 0 radical (unpaired) electrons. The van der Waals surface area contributed by atoms with E-state index in [9.17, 15) is 0 Å². The lowest BCUT2D eigenvalue weighted by molar-refractivity contribution is 0.0250. The molecule has 3 nitrogen and oxygen atoms in total. The van der Waals surface area contributed by atoms with Crippen molar-refractivity contribution < 1.29 is 4.74 Å². The molecule has 1 aliphatic heterocycles. The van der Waals surface area contributed by atoms with E-state index >= 15 is 0 Å². The van der Waals surface area contributed by atoms with Gasteiger partial charge in [0.05, 0.1) is 12.7 Å². The van der Waals surface area contributed by atoms with Crippen LogP contribution in [-0.2, 0) is 4.74 Å². The van der Waals surface area contributed by atoms with Crippen LogP contribution in [0.1, 0.15) is 6.42 Å². The minimum absolute atomic E-state index is 0.346. The Morgan fingerprint density at radius 3 is 2.82 bits per heavy atom. The molecule has 1 aromatic carbocycles. The van der Waals surface area contributed by atoms with Gasteiger partial charge in [0.1, 0.15) is 0 Å². The maximum atomic E-state index is 5.87. The van der Waals surface area contributed by atoms with Crippen LogP contribution in [0.15, 0.2) is 24.3 Å². The van der Waals surface area contributed by atoms with Gasteiger partial charge in [0, 0.05) is 37.4 Å². The van der Waals surface area contributed by atoms with Crippen molar-refractivity contribution >= 4 is 17.3 Å². The first-order chi connectivity index (χ1) is 8.25. The number of halogens is 1. The van der Waals surface area contributed by atoms with E-state index in [1.54, 1.807) is 0 Å². The molecule has 1 aliphatic rings. The van der Waals surface area contributed by atoms with Crippen LogP contribution in [0.4, 0.5) is 5.69 Å². The Labute approximate surface area is 108 Å². The van der Waals surface area contributed by atoms with Crippen LogP contribution in [0.25, 0.3) is 0 Å². The van der Waals surface area contributed by atoms with Gasteiger partial charge in [0.15, 0.2) is 0 Å². The Balaban J connectivity index is 1.80. The van der Waals surface area contributed by atoms with Crippen LogP contribution in [0.5, 0.6) is 0 Å². The molecule has 1 saturated heterocycles. The normalized spacial score (nSPS) is 20.2. The van der Waals surface area contributed by atoms with Crippen molar-refractivity contribution in [1.29, 1.82) is 0 Å². The molecule has 1 heterocycles. The molecule has 4 heteroatoms. The first kappa shape index (κ1) is 12.7. The van der Waals surface area contributed by atoms with E-state index in [1.165, 1.54) is 5.69 Å². The van der Waals surface area contributed by atoms with Crippen LogP contribution >= 0.6 is 11.6 Å². The Kier molecular flexibility index (Phi) is 4.66. The maximum Gasteiger partial charge on any atom is 0.0716 e. The third kappa shape index (κ3) is 3.87. The molecule has 1 atom stereocenters. The van der Waals surface area contributed by atoms with Crippen molar-refractivity contribution in [3.05, 3.63) is 29.3 Å². The lowest BCUT2D eigenvalue weighted by atomic mass is 10.2. The molecule has 0 saturated carbocycles. The number of benzene rings is 1. The maximum absolute atomic E-state index is 5.87. The highest BCUT2D eigenvalue weighted by molar-refractivity contribution is 6.30. The number of rotatable bonds is 4. The second-order valence-electron chi connectivity index (χ2n) is 4.38. The van der Waals surface area contributed by atoms with Gasteiger partial charge in [-0.05, 0) is 30.7 Å². The summed E-state index contributed by atoms with van der Waals surface area (Å²) in [6.07, 6.45) is 1.39. The zero-order valence-electron chi connectivity index (χ0n) is 10.2. The molecule has 1 aromatic rings. The molecule has 1 fully saturated rings. The molecular weight excluding hydrogens is 236 g/mol. The highest BCUT2D eigenvalue weighted by Crippen LogP contribution is 2.17. The summed E-state index contributed by atoms with van der Waals surface area (Å²) in [6, 6.07) is 7.93. The van der Waals surface area contributed by atoms with Crippen molar-refractivity contribution in [2.45, 2.75) is 12.5 Å². The van der Waals surface area contributed by atoms with Crippen LogP contribution in [0.3, 0.4) is 0 Å². The standard InChI is InChI=1S/C13H19ClN2O/c1-16(12-4-2-11(14)3-5-12)8-6-13-10-15-7-9-17-13/h2-5,13,15H,6-10H2,1H3. The number of anilines is 1. The summed E-state index contributed by atoms with van der Waals surface area (Å²) in [5, 5.41) is 4.12. The summed E-state index contributed by atoms with van der Waals surface area (Å²) in [4.78, 5) is 2.23. The van der Waals surface area contributed by atoms with Crippen molar-refractivity contribution in [1.82, 2.24) is 5.32 Å². The summed E-state index contributed by atoms with van der Waals surface area (Å²) in [7, 11) is 2.10. The minimum Gasteiger partial charge on any atom is -0.376 e. The molecule has 17 heavy (non-hydrogen) atoms. The molecule has 94 valence electrons. The first-order valence-electron chi connectivity index (χ1n) is 6.05. The zero-order chi connectivity index (χ0) is 12.1. The summed E-state index contributed by atoms with van der Waals surface area (Å²) in [6.45, 7) is 3.77. The molecule has 2 rings (SSSR count). The fourth-order valence-corrected chi connectivity index (χ4v) is 2.09. The van der Waals surface area contributed by atoms with Crippen LogP contribution < -0.4 is 10.2 Å². The number of ether oxygens (including phenoxy) is 1. The Morgan fingerprint density at radius 1 is 1.41 bits per heavy atom. The molecule has 0 amide bonds. The van der Waals surface area contributed by atoms with Crippen molar-refractivity contribution in [3.63, 3.8) is 0 Å². The number of hydrogen-bond donors (Lipinski definition) is 1. The summed E-state index contributed by atoms with van der Waals surface area (Å²) in [5.41, 5.74) is 1.19. The number of hydrogen-bond acceptors (Lipinski definition) is 3. The molecule has 0 spiro atoms. The smallest absolute Gasteiger partial charge is 0.0716 e. The van der Waals surface area contributed by atoms with E-state index < -0.39 is 0 Å². The second-order valence-corrected chi connectivity index (χ2v) is 4.82. The highest BCUT2D eigenvalue weighted by Gasteiger charge is 2.13. The Morgan fingerprint density at radius 2 is 2.18 bits per heavy atom. The van der Waals surface area contributed by atoms with Crippen LogP contribution in [0.2, 0.25) is 5.02 Å². The predicted octanol–water partition coefficient (Wildman–Crippen LogP) is 2.15. The van der Waals surface area contributed by atoms with E-state index in [0.717, 1.165) is 37.7 Å². The first-order valence-corrected chi connectivity index (χ1v) is 6.42. The Hall–Kier alpha value is -0.770. The molecule has 1 unspecified atom stereocenters. The van der Waals surface area contributed by atoms with Crippen molar-refractivity contribution in [2.24, 2.45) is 0 Å². The van der Waals surface area contributed by atoms with Crippen molar-refractivity contribution in [3.8, 4) is 0 Å². The second kappa shape index (κ2) is 6.24. The number of nitrogens with zero attached hydrogens (tertiary/aromatic N) is 1. The van der Waals surface area contributed by atoms with Gasteiger partial charge in [0.25, 0.3) is 0 Å². The van der Waals surface area contributed by atoms with E-state index in [4.69, 9.17) is 16.3 Å². The fourth-order valence-electron chi connectivity index (χ4n) is 1.97. The highest BCUT2D eigenvalue weighted by atomic mass is 35.5. The van der Waals surface area contributed by atoms with E-state index in [2.05, 4.69) is 17.3 Å². The molecule has 0 aliphatic carbocycles. The van der Waals surface area contributed by atoms with Gasteiger partial charge in [-0.15, -0.1) is 0 Å². The molecule has 0 bridgehead atoms. The zero-order valence-corrected chi connectivity index (χ0v) is 10.9. The number of nitrogens with one attached hydrogen (secondary N) is 1. The Bertz CT molecular complexity index is 336. The average Bonchev–Trinajstić information content (AvgIpc) is 2.38. The molecule has 1 N–H and O–H groups in total. The van der Waals surface area contributed by atoms with Gasteiger partial charge in [-0.25, -0.2) is 0 Å². The molecular formula is C13H19ClN2O. The molecule has 0 aromatic heterocycles. The average molecular weight is 255 g/mol. The van der Waals surface area contributed by atoms with Gasteiger partial charge < -0.3 is 15.0 Å². The van der Waals surface area contributed by atoms with Crippen LogP contribution in [0, 0.1) is 0 Å². The van der Waals surface area contributed by atoms with Crippen molar-refractivity contribution in [2.75, 3.05) is 38.2 Å². The SMILES string of the molecule is CN(CCC1CNCCO1)c1ccc(Cl)cc1. The minimum atomic E-state index is 0.346. The largest absolute Gasteiger partial charge is 0.376 e. The van der Waals surface area contributed by atoms with E-state index in [0.29, 0.717) is 6.10 Å². The van der Waals surface area contributed by atoms with Gasteiger partial charge >= 0.3 is 0 Å². The van der Waals surface area contributed by atoms with Gasteiger partial charge in [0.2, 0.25) is 0 Å². The fraction of sp³-hybridized carbons (Fsp3) is 0.538. The van der Waals surface area contributed by atoms with E-state index in [1.807, 2.05) is 24.3 Å². The summed E-state index contributed by atoms with van der Waals surface area (Å²) in [5.74, 6) is 0. The number of morpholine rings is 1. The quantitative estimate of drug-likeness (QED) is 0.891. The lowest BCUT2D eigenvalue weighted by Gasteiger charge is -2.26. The third-order valence-corrected chi connectivity index (χ3v) is 3.31. The topological polar surface area (TPSA) is 24.5 Å². The van der Waals surface area contributed by atoms with Gasteiger partial charge in [-0.2, -0.15) is 0 Å². The van der Waals surface area contributed by atoms with Crippen LogP contribution in [-0.4, -0.2) is 39.4 Å². The third-order valence-electron chi connectivity index (χ3n) is 3.06. The predicted molar refractivity (Wildman–Crippen MR) is 71.9 cm³/mol. The van der Waals surface area contributed by atoms with Gasteiger partial charge in [-0.3, -0.25) is 0 Å². The summed E-state index contributed by atoms with van der Waals surface area (Å²) >= 11 is 5.87. The van der Waals surface area contributed by atoms with E-state index in [-0.39, 0.29) is 0 Å².